The Morgan fingerprint density at radius 2 is 1.56 bits per heavy atom. The average Bonchev–Trinajstić information content (AvgIpc) is 3.39. The second-order valence-electron chi connectivity index (χ2n) is 8.49. The predicted molar refractivity (Wildman–Crippen MR) is 121 cm³/mol. The number of hydrogen-bond acceptors (Lipinski definition) is 4. The van der Waals surface area contributed by atoms with E-state index >= 15 is 0 Å². The molecule has 1 saturated heterocycles. The van der Waals surface area contributed by atoms with Gasteiger partial charge in [-0.15, -0.1) is 0 Å². The molecule has 2 amide bonds. The van der Waals surface area contributed by atoms with Crippen LogP contribution in [0.2, 0.25) is 0 Å². The third-order valence-electron chi connectivity index (χ3n) is 6.46. The van der Waals surface area contributed by atoms with Gasteiger partial charge >= 0.3 is 0 Å². The molecule has 2 aliphatic heterocycles. The molecule has 5 rings (SSSR count). The Kier molecular flexibility index (Phi) is 5.77. The molecule has 2 aromatic carbocycles. The number of rotatable bonds is 4. The van der Waals surface area contributed by atoms with Crippen LogP contribution in [0.4, 0.5) is 0 Å². The maximum absolute atomic E-state index is 13.6. The molecule has 0 bridgehead atoms. The Bertz CT molecular complexity index is 1070. The van der Waals surface area contributed by atoms with E-state index in [0.717, 1.165) is 30.8 Å². The van der Waals surface area contributed by atoms with Crippen molar-refractivity contribution < 1.29 is 14.0 Å². The lowest BCUT2D eigenvalue weighted by Crippen LogP contribution is -2.57. The first-order chi connectivity index (χ1) is 15.7. The third kappa shape index (κ3) is 4.18. The molecule has 0 saturated carbocycles. The van der Waals surface area contributed by atoms with Crippen molar-refractivity contribution in [3.63, 3.8) is 0 Å². The summed E-state index contributed by atoms with van der Waals surface area (Å²) in [7, 11) is 0. The van der Waals surface area contributed by atoms with Gasteiger partial charge in [0.1, 0.15) is 6.04 Å². The standard InChI is InChI=1S/C26H27N3O3/c30-25(28-14-12-27(13-15-28)18-20-7-2-1-3-8-20)23-17-21-9-4-5-10-22(21)19-29(23)26(31)24-11-6-16-32-24/h1-11,16,23H,12-15,17-19H2. The van der Waals surface area contributed by atoms with E-state index in [9.17, 15) is 9.59 Å². The smallest absolute Gasteiger partial charge is 0.290 e. The van der Waals surface area contributed by atoms with Crippen LogP contribution in [0, 0.1) is 0 Å². The molecule has 3 aromatic rings. The maximum Gasteiger partial charge on any atom is 0.290 e. The Hall–Kier alpha value is -3.38. The summed E-state index contributed by atoms with van der Waals surface area (Å²) in [5.41, 5.74) is 3.51. The van der Waals surface area contributed by atoms with Gasteiger partial charge in [0, 0.05) is 45.7 Å². The highest BCUT2D eigenvalue weighted by Gasteiger charge is 2.38. The molecule has 0 radical (unpaired) electrons. The number of amides is 2. The topological polar surface area (TPSA) is 57.0 Å². The fourth-order valence-electron chi connectivity index (χ4n) is 4.68. The van der Waals surface area contributed by atoms with Gasteiger partial charge in [-0.05, 0) is 28.8 Å². The molecule has 164 valence electrons. The average molecular weight is 430 g/mol. The lowest BCUT2D eigenvalue weighted by atomic mass is 9.92. The molecule has 1 unspecified atom stereocenters. The molecule has 6 heteroatoms. The fraction of sp³-hybridized carbons (Fsp3) is 0.308. The van der Waals surface area contributed by atoms with Crippen molar-refractivity contribution in [1.29, 1.82) is 0 Å². The van der Waals surface area contributed by atoms with Crippen LogP contribution in [0.5, 0.6) is 0 Å². The summed E-state index contributed by atoms with van der Waals surface area (Å²) in [5, 5.41) is 0. The zero-order valence-electron chi connectivity index (χ0n) is 18.0. The molecule has 0 aliphatic carbocycles. The molecule has 1 fully saturated rings. The molecule has 1 aromatic heterocycles. The minimum atomic E-state index is -0.511. The number of piperazine rings is 1. The second-order valence-corrected chi connectivity index (χ2v) is 8.49. The summed E-state index contributed by atoms with van der Waals surface area (Å²) in [6.07, 6.45) is 2.03. The number of fused-ring (bicyclic) bond motifs is 1. The highest BCUT2D eigenvalue weighted by molar-refractivity contribution is 5.96. The number of nitrogens with zero attached hydrogens (tertiary/aromatic N) is 3. The van der Waals surface area contributed by atoms with Crippen LogP contribution in [0.15, 0.2) is 77.4 Å². The summed E-state index contributed by atoms with van der Waals surface area (Å²) in [6.45, 7) is 4.31. The van der Waals surface area contributed by atoms with Gasteiger partial charge < -0.3 is 14.2 Å². The molecule has 6 nitrogen and oxygen atoms in total. The normalized spacial score (nSPS) is 18.9. The fourth-order valence-corrected chi connectivity index (χ4v) is 4.68. The van der Waals surface area contributed by atoms with Crippen molar-refractivity contribution in [2.75, 3.05) is 26.2 Å². The predicted octanol–water partition coefficient (Wildman–Crippen LogP) is 3.19. The van der Waals surface area contributed by atoms with Gasteiger partial charge in [-0.3, -0.25) is 14.5 Å². The highest BCUT2D eigenvalue weighted by atomic mass is 16.3. The van der Waals surface area contributed by atoms with E-state index in [1.807, 2.05) is 29.2 Å². The van der Waals surface area contributed by atoms with Gasteiger partial charge in [-0.25, -0.2) is 0 Å². The van der Waals surface area contributed by atoms with E-state index < -0.39 is 6.04 Å². The van der Waals surface area contributed by atoms with Gasteiger partial charge in [0.05, 0.1) is 6.26 Å². The molecular formula is C26H27N3O3. The summed E-state index contributed by atoms with van der Waals surface area (Å²) in [5.74, 6) is 0.0687. The van der Waals surface area contributed by atoms with Crippen molar-refractivity contribution in [3.8, 4) is 0 Å². The molecular weight excluding hydrogens is 402 g/mol. The Morgan fingerprint density at radius 1 is 0.844 bits per heavy atom. The van der Waals surface area contributed by atoms with Crippen LogP contribution >= 0.6 is 0 Å². The van der Waals surface area contributed by atoms with Crippen LogP contribution in [0.1, 0.15) is 27.2 Å². The summed E-state index contributed by atoms with van der Waals surface area (Å²) < 4.78 is 5.36. The molecule has 1 atom stereocenters. The van der Waals surface area contributed by atoms with Crippen LogP contribution in [-0.4, -0.2) is 58.7 Å². The van der Waals surface area contributed by atoms with Crippen LogP contribution < -0.4 is 0 Å². The lowest BCUT2D eigenvalue weighted by Gasteiger charge is -2.41. The first-order valence-corrected chi connectivity index (χ1v) is 11.2. The number of carbonyl (C=O) groups is 2. The Labute approximate surface area is 188 Å². The maximum atomic E-state index is 13.6. The van der Waals surface area contributed by atoms with Crippen molar-refractivity contribution >= 4 is 11.8 Å². The van der Waals surface area contributed by atoms with E-state index in [1.54, 1.807) is 17.0 Å². The van der Waals surface area contributed by atoms with Crippen LogP contribution in [0.25, 0.3) is 0 Å². The Morgan fingerprint density at radius 3 is 2.28 bits per heavy atom. The van der Waals surface area contributed by atoms with E-state index in [4.69, 9.17) is 4.42 Å². The summed E-state index contributed by atoms with van der Waals surface area (Å²) in [6, 6.07) is 21.3. The van der Waals surface area contributed by atoms with Crippen molar-refractivity contribution in [2.24, 2.45) is 0 Å². The second kappa shape index (κ2) is 9.01. The monoisotopic (exact) mass is 429 g/mol. The van der Waals surface area contributed by atoms with Crippen molar-refractivity contribution in [2.45, 2.75) is 25.6 Å². The van der Waals surface area contributed by atoms with E-state index in [0.29, 0.717) is 26.1 Å². The molecule has 0 spiro atoms. The van der Waals surface area contributed by atoms with Gasteiger partial charge in [0.15, 0.2) is 5.76 Å². The van der Waals surface area contributed by atoms with E-state index in [-0.39, 0.29) is 17.6 Å². The number of furan rings is 1. The SMILES string of the molecule is O=C(C1Cc2ccccc2CN1C(=O)c1ccco1)N1CCN(Cc2ccccc2)CC1. The van der Waals surface area contributed by atoms with Gasteiger partial charge in [-0.1, -0.05) is 54.6 Å². The third-order valence-corrected chi connectivity index (χ3v) is 6.46. The number of carbonyl (C=O) groups excluding carboxylic acids is 2. The minimum absolute atomic E-state index is 0.0266. The molecule has 0 N–H and O–H groups in total. The van der Waals surface area contributed by atoms with Gasteiger partial charge in [0.25, 0.3) is 5.91 Å². The molecule has 3 heterocycles. The first kappa shape index (κ1) is 20.5. The summed E-state index contributed by atoms with van der Waals surface area (Å²) in [4.78, 5) is 32.7. The minimum Gasteiger partial charge on any atom is -0.459 e. The quantitative estimate of drug-likeness (QED) is 0.639. The van der Waals surface area contributed by atoms with Crippen LogP contribution in [-0.2, 0) is 24.3 Å². The zero-order valence-corrected chi connectivity index (χ0v) is 18.0. The van der Waals surface area contributed by atoms with Crippen molar-refractivity contribution in [1.82, 2.24) is 14.7 Å². The van der Waals surface area contributed by atoms with Crippen molar-refractivity contribution in [3.05, 3.63) is 95.4 Å². The first-order valence-electron chi connectivity index (χ1n) is 11.2. The summed E-state index contributed by atoms with van der Waals surface area (Å²) >= 11 is 0. The van der Waals surface area contributed by atoms with E-state index in [1.165, 1.54) is 11.8 Å². The van der Waals surface area contributed by atoms with Gasteiger partial charge in [0.2, 0.25) is 5.91 Å². The molecule has 32 heavy (non-hydrogen) atoms. The molecule has 2 aliphatic rings. The number of hydrogen-bond donors (Lipinski definition) is 0. The van der Waals surface area contributed by atoms with Crippen LogP contribution in [0.3, 0.4) is 0 Å². The van der Waals surface area contributed by atoms with Gasteiger partial charge in [-0.2, -0.15) is 0 Å². The highest BCUT2D eigenvalue weighted by Crippen LogP contribution is 2.27. The van der Waals surface area contributed by atoms with E-state index in [2.05, 4.69) is 35.2 Å². The Balaban J connectivity index is 1.30. The lowest BCUT2D eigenvalue weighted by molar-refractivity contribution is -0.138. The largest absolute Gasteiger partial charge is 0.459 e. The number of benzene rings is 2. The zero-order chi connectivity index (χ0) is 21.9.